The van der Waals surface area contributed by atoms with Crippen molar-refractivity contribution in [2.45, 2.75) is 17.9 Å². The molecule has 7 heteroatoms. The van der Waals surface area contributed by atoms with Gasteiger partial charge >= 0.3 is 0 Å². The summed E-state index contributed by atoms with van der Waals surface area (Å²) in [7, 11) is -3.74. The maximum absolute atomic E-state index is 12.2. The Morgan fingerprint density at radius 3 is 2.80 bits per heavy atom. The van der Waals surface area contributed by atoms with Gasteiger partial charge < -0.3 is 5.11 Å². The quantitative estimate of drug-likeness (QED) is 0.885. The van der Waals surface area contributed by atoms with E-state index in [9.17, 15) is 13.5 Å². The van der Waals surface area contributed by atoms with E-state index < -0.39 is 16.1 Å². The number of hydrogen-bond donors (Lipinski definition) is 2. The Morgan fingerprint density at radius 1 is 1.40 bits per heavy atom. The largest absolute Gasteiger partial charge is 0.387 e. The molecular weight excluding hydrogens is 318 g/mol. The normalized spacial score (nSPS) is 13.3. The number of nitrogens with one attached hydrogen (secondary N) is 1. The summed E-state index contributed by atoms with van der Waals surface area (Å²) in [6.07, 6.45) is -0.875. The number of benzene rings is 1. The number of sulfonamides is 1. The second kappa shape index (κ2) is 6.24. The summed E-state index contributed by atoms with van der Waals surface area (Å²) in [5.74, 6) is 0. The van der Waals surface area contributed by atoms with E-state index in [1.165, 1.54) is 17.4 Å². The lowest BCUT2D eigenvalue weighted by molar-refractivity contribution is 0.182. The van der Waals surface area contributed by atoms with Crippen molar-refractivity contribution >= 4 is 33.0 Å². The van der Waals surface area contributed by atoms with Crippen molar-refractivity contribution in [1.82, 2.24) is 4.72 Å². The fraction of sp³-hybridized carbons (Fsp3) is 0.231. The molecule has 2 rings (SSSR count). The van der Waals surface area contributed by atoms with Gasteiger partial charge in [-0.2, -0.15) is 11.3 Å². The molecule has 0 aliphatic rings. The Bertz CT molecular complexity index is 684. The summed E-state index contributed by atoms with van der Waals surface area (Å²) in [6, 6.07) is 6.53. The van der Waals surface area contributed by atoms with Crippen molar-refractivity contribution in [3.63, 3.8) is 0 Å². The SMILES string of the molecule is Cc1ccc(Cl)c(S(=O)(=O)NCC(O)c2ccsc2)c1. The number of halogens is 1. The van der Waals surface area contributed by atoms with Crippen LogP contribution in [0.5, 0.6) is 0 Å². The zero-order chi connectivity index (χ0) is 14.8. The topological polar surface area (TPSA) is 66.4 Å². The number of aliphatic hydroxyl groups excluding tert-OH is 1. The number of thiophene rings is 1. The molecule has 0 saturated heterocycles. The molecule has 0 spiro atoms. The molecule has 1 atom stereocenters. The predicted octanol–water partition coefficient (Wildman–Crippen LogP) is 2.72. The first kappa shape index (κ1) is 15.5. The van der Waals surface area contributed by atoms with Crippen molar-refractivity contribution in [3.05, 3.63) is 51.2 Å². The van der Waals surface area contributed by atoms with Gasteiger partial charge in [-0.05, 0) is 47.0 Å². The van der Waals surface area contributed by atoms with Crippen LogP contribution >= 0.6 is 22.9 Å². The van der Waals surface area contributed by atoms with E-state index in [-0.39, 0.29) is 16.5 Å². The molecule has 0 amide bonds. The standard InChI is InChI=1S/C13H14ClNO3S2/c1-9-2-3-11(14)13(6-9)20(17,18)15-7-12(16)10-4-5-19-8-10/h2-6,8,12,15-16H,7H2,1H3. The molecule has 0 saturated carbocycles. The number of hydrogen-bond acceptors (Lipinski definition) is 4. The molecule has 4 nitrogen and oxygen atoms in total. The Labute approximate surface area is 127 Å². The summed E-state index contributed by atoms with van der Waals surface area (Å²) in [5.41, 5.74) is 1.49. The van der Waals surface area contributed by atoms with Crippen LogP contribution in [-0.4, -0.2) is 20.1 Å². The van der Waals surface area contributed by atoms with Crippen LogP contribution in [-0.2, 0) is 10.0 Å². The van der Waals surface area contributed by atoms with E-state index in [0.717, 1.165) is 5.56 Å². The zero-order valence-electron chi connectivity index (χ0n) is 10.7. The smallest absolute Gasteiger partial charge is 0.242 e. The van der Waals surface area contributed by atoms with Crippen LogP contribution in [0.2, 0.25) is 5.02 Å². The molecule has 1 heterocycles. The van der Waals surface area contributed by atoms with Crippen LogP contribution < -0.4 is 4.72 Å². The van der Waals surface area contributed by atoms with Crippen molar-refractivity contribution in [2.75, 3.05) is 6.54 Å². The van der Waals surface area contributed by atoms with Gasteiger partial charge in [-0.15, -0.1) is 0 Å². The molecule has 0 bridgehead atoms. The minimum atomic E-state index is -3.74. The predicted molar refractivity (Wildman–Crippen MR) is 80.7 cm³/mol. The van der Waals surface area contributed by atoms with E-state index in [1.54, 1.807) is 30.5 Å². The summed E-state index contributed by atoms with van der Waals surface area (Å²) in [6.45, 7) is 1.69. The lowest BCUT2D eigenvalue weighted by Crippen LogP contribution is -2.28. The Kier molecular flexibility index (Phi) is 4.82. The Morgan fingerprint density at radius 2 is 2.15 bits per heavy atom. The molecule has 108 valence electrons. The van der Waals surface area contributed by atoms with Gasteiger partial charge in [0.2, 0.25) is 10.0 Å². The summed E-state index contributed by atoms with van der Waals surface area (Å²) >= 11 is 7.36. The highest BCUT2D eigenvalue weighted by molar-refractivity contribution is 7.89. The first-order chi connectivity index (χ1) is 9.40. The van der Waals surface area contributed by atoms with Crippen LogP contribution in [0.3, 0.4) is 0 Å². The fourth-order valence-electron chi connectivity index (χ4n) is 1.67. The molecule has 0 aliphatic carbocycles. The molecular formula is C13H14ClNO3S2. The third-order valence-electron chi connectivity index (χ3n) is 2.77. The van der Waals surface area contributed by atoms with Crippen LogP contribution in [0.4, 0.5) is 0 Å². The maximum Gasteiger partial charge on any atom is 0.242 e. The second-order valence-electron chi connectivity index (χ2n) is 4.36. The van der Waals surface area contributed by atoms with E-state index in [0.29, 0.717) is 5.56 Å². The van der Waals surface area contributed by atoms with Gasteiger partial charge in [0.1, 0.15) is 4.90 Å². The van der Waals surface area contributed by atoms with Crippen LogP contribution in [0.1, 0.15) is 17.2 Å². The van der Waals surface area contributed by atoms with Gasteiger partial charge in [-0.1, -0.05) is 17.7 Å². The highest BCUT2D eigenvalue weighted by Gasteiger charge is 2.19. The summed E-state index contributed by atoms with van der Waals surface area (Å²) in [5, 5.41) is 13.7. The Hall–Kier alpha value is -0.920. The average molecular weight is 332 g/mol. The molecule has 1 aromatic carbocycles. The maximum atomic E-state index is 12.2. The van der Waals surface area contributed by atoms with Crippen molar-refractivity contribution in [3.8, 4) is 0 Å². The third-order valence-corrected chi connectivity index (χ3v) is 5.38. The second-order valence-corrected chi connectivity index (χ2v) is 7.28. The van der Waals surface area contributed by atoms with Crippen LogP contribution in [0.25, 0.3) is 0 Å². The lowest BCUT2D eigenvalue weighted by Gasteiger charge is -2.12. The van der Waals surface area contributed by atoms with E-state index in [2.05, 4.69) is 4.72 Å². The van der Waals surface area contributed by atoms with Crippen molar-refractivity contribution in [1.29, 1.82) is 0 Å². The molecule has 0 radical (unpaired) electrons. The summed E-state index contributed by atoms with van der Waals surface area (Å²) in [4.78, 5) is 0.0247. The molecule has 2 N–H and O–H groups in total. The van der Waals surface area contributed by atoms with Gasteiger partial charge in [-0.3, -0.25) is 0 Å². The van der Waals surface area contributed by atoms with Crippen LogP contribution in [0, 0.1) is 6.92 Å². The Balaban J connectivity index is 2.13. The van der Waals surface area contributed by atoms with Gasteiger partial charge in [0.15, 0.2) is 0 Å². The molecule has 0 fully saturated rings. The van der Waals surface area contributed by atoms with Crippen molar-refractivity contribution < 1.29 is 13.5 Å². The number of aryl methyl sites for hydroxylation is 1. The molecule has 0 aliphatic heterocycles. The first-order valence-corrected chi connectivity index (χ1v) is 8.66. The highest BCUT2D eigenvalue weighted by Crippen LogP contribution is 2.23. The van der Waals surface area contributed by atoms with Crippen LogP contribution in [0.15, 0.2) is 39.9 Å². The molecule has 1 unspecified atom stereocenters. The number of aliphatic hydroxyl groups is 1. The molecule has 1 aromatic heterocycles. The lowest BCUT2D eigenvalue weighted by atomic mass is 10.2. The monoisotopic (exact) mass is 331 g/mol. The minimum Gasteiger partial charge on any atom is -0.387 e. The number of rotatable bonds is 5. The van der Waals surface area contributed by atoms with E-state index in [4.69, 9.17) is 11.6 Å². The van der Waals surface area contributed by atoms with Gasteiger partial charge in [0, 0.05) is 6.54 Å². The van der Waals surface area contributed by atoms with Gasteiger partial charge in [0.05, 0.1) is 11.1 Å². The average Bonchev–Trinajstić information content (AvgIpc) is 2.93. The van der Waals surface area contributed by atoms with Gasteiger partial charge in [-0.25, -0.2) is 13.1 Å². The van der Waals surface area contributed by atoms with Gasteiger partial charge in [0.25, 0.3) is 0 Å². The van der Waals surface area contributed by atoms with E-state index in [1.807, 2.05) is 5.38 Å². The summed E-state index contributed by atoms with van der Waals surface area (Å²) < 4.78 is 26.7. The molecule has 20 heavy (non-hydrogen) atoms. The molecule has 2 aromatic rings. The third kappa shape index (κ3) is 3.59. The van der Waals surface area contributed by atoms with Crippen molar-refractivity contribution in [2.24, 2.45) is 0 Å². The van der Waals surface area contributed by atoms with E-state index >= 15 is 0 Å². The highest BCUT2D eigenvalue weighted by atomic mass is 35.5. The first-order valence-electron chi connectivity index (χ1n) is 5.86. The minimum absolute atomic E-state index is 0.0247. The zero-order valence-corrected chi connectivity index (χ0v) is 13.1. The fourth-order valence-corrected chi connectivity index (χ4v) is 3.99.